The molecule has 4 radical (unpaired) electrons. The zero-order chi connectivity index (χ0) is 37.8. The number of benzene rings is 5. The number of non-ortho nitro benzene ring substituents is 1. The molecule has 0 aliphatic rings. The average molecular weight is 874 g/mol. The van der Waals surface area contributed by atoms with Gasteiger partial charge in [0.1, 0.15) is 9.79 Å². The Labute approximate surface area is 400 Å². The summed E-state index contributed by atoms with van der Waals surface area (Å²) in [6.07, 6.45) is 0. The van der Waals surface area contributed by atoms with Crippen molar-refractivity contribution in [3.05, 3.63) is 100 Å². The SMILES string of the molecule is O=C(Nc1cc2ccc(S(=O)(=O)O)cc2cc1S(=O)(=O)O)c1cc(C(=O)Nc2cc3ccc(S(=O)(=O)O)cc3cc2S(=O)(=O)O)cc([N+](=O)[O-])c1.[Na].[Na].[Na].[Na]. The van der Waals surface area contributed by atoms with Crippen LogP contribution >= 0.6 is 0 Å². The summed E-state index contributed by atoms with van der Waals surface area (Å²) in [5.74, 6) is -2.52. The van der Waals surface area contributed by atoms with E-state index in [2.05, 4.69) is 10.6 Å². The first-order valence-electron chi connectivity index (χ1n) is 13.4. The molecule has 0 aliphatic heterocycles. The van der Waals surface area contributed by atoms with Crippen LogP contribution in [0.2, 0.25) is 0 Å². The number of rotatable bonds is 9. The number of hydrogen-bond donors (Lipinski definition) is 6. The molecule has 5 aromatic rings. The second kappa shape index (κ2) is 19.1. The van der Waals surface area contributed by atoms with Crippen LogP contribution in [-0.2, 0) is 40.5 Å². The molecule has 0 atom stereocenters. The molecule has 5 rings (SSSR count). The third-order valence-electron chi connectivity index (χ3n) is 7.12. The first-order chi connectivity index (χ1) is 23.4. The Morgan fingerprint density at radius 3 is 1.13 bits per heavy atom. The predicted molar refractivity (Wildman–Crippen MR) is 199 cm³/mol. The van der Waals surface area contributed by atoms with Crippen molar-refractivity contribution in [2.24, 2.45) is 0 Å². The van der Waals surface area contributed by atoms with Crippen molar-refractivity contribution in [3.63, 3.8) is 0 Å². The van der Waals surface area contributed by atoms with Crippen molar-refractivity contribution in [1.82, 2.24) is 0 Å². The average Bonchev–Trinajstić information content (AvgIpc) is 3.01. The standard InChI is InChI=1S/C28H19N3O16S4.4Na/c32-27(29-23-10-14-1-3-21(48(36,37)38)8-16(14)12-25(23)50(42,43)44)18-5-19(7-20(6-18)31(34)35)28(33)30-24-11-15-2-4-22(49(39,40)41)9-17(15)13-26(24)51(45,46)47;;;;/h1-13H,(H,29,32)(H,30,33)(H,36,37,38)(H,39,40,41)(H,42,43,44)(H,45,46,47);;;;. The minimum atomic E-state index is -5.13. The first-order valence-corrected chi connectivity index (χ1v) is 19.2. The summed E-state index contributed by atoms with van der Waals surface area (Å²) in [6.45, 7) is 0. The molecule has 2 amide bonds. The maximum absolute atomic E-state index is 13.3. The van der Waals surface area contributed by atoms with E-state index < -0.39 is 105 Å². The van der Waals surface area contributed by atoms with E-state index in [0.717, 1.165) is 66.7 Å². The molecule has 0 spiro atoms. The van der Waals surface area contributed by atoms with Crippen LogP contribution < -0.4 is 10.6 Å². The van der Waals surface area contributed by atoms with E-state index in [4.69, 9.17) is 0 Å². The van der Waals surface area contributed by atoms with E-state index in [9.17, 15) is 71.6 Å². The van der Waals surface area contributed by atoms with Crippen molar-refractivity contribution in [2.75, 3.05) is 10.6 Å². The van der Waals surface area contributed by atoms with Crippen molar-refractivity contribution >= 4 is 209 Å². The van der Waals surface area contributed by atoms with Crippen molar-refractivity contribution in [2.45, 2.75) is 19.6 Å². The number of fused-ring (bicyclic) bond motifs is 2. The van der Waals surface area contributed by atoms with Gasteiger partial charge in [-0.2, -0.15) is 33.7 Å². The van der Waals surface area contributed by atoms with Crippen LogP contribution in [0, 0.1) is 10.1 Å². The Morgan fingerprint density at radius 2 is 0.836 bits per heavy atom. The number of anilines is 2. The second-order valence-corrected chi connectivity index (χ2v) is 16.2. The molecule has 55 heavy (non-hydrogen) atoms. The molecule has 0 bridgehead atoms. The normalized spacial score (nSPS) is 11.6. The Bertz CT molecular complexity index is 2660. The van der Waals surface area contributed by atoms with Crippen molar-refractivity contribution < 1.29 is 66.4 Å². The zero-order valence-corrected chi connectivity index (χ0v) is 40.0. The molecule has 6 N–H and O–H groups in total. The van der Waals surface area contributed by atoms with Gasteiger partial charge in [0.2, 0.25) is 0 Å². The van der Waals surface area contributed by atoms with Crippen LogP contribution in [0.3, 0.4) is 0 Å². The Morgan fingerprint density at radius 1 is 0.491 bits per heavy atom. The van der Waals surface area contributed by atoms with Gasteiger partial charge < -0.3 is 10.6 Å². The summed E-state index contributed by atoms with van der Waals surface area (Å²) < 4.78 is 133. The van der Waals surface area contributed by atoms with Gasteiger partial charge >= 0.3 is 0 Å². The summed E-state index contributed by atoms with van der Waals surface area (Å²) >= 11 is 0. The smallest absolute Gasteiger partial charge is 0.296 e. The number of hydrogen-bond acceptors (Lipinski definition) is 12. The van der Waals surface area contributed by atoms with Crippen LogP contribution in [0.15, 0.2) is 98.4 Å². The molecule has 0 heterocycles. The van der Waals surface area contributed by atoms with Crippen LogP contribution in [0.25, 0.3) is 21.5 Å². The fraction of sp³-hybridized carbons (Fsp3) is 0. The zero-order valence-electron chi connectivity index (χ0n) is 28.8. The van der Waals surface area contributed by atoms with Gasteiger partial charge in [0.25, 0.3) is 58.0 Å². The molecule has 0 saturated heterocycles. The molecular weight excluding hydrogens is 855 g/mol. The second-order valence-electron chi connectivity index (χ2n) is 10.5. The van der Waals surface area contributed by atoms with Gasteiger partial charge in [0, 0.05) is 141 Å². The fourth-order valence-electron chi connectivity index (χ4n) is 4.82. The Hall–Kier alpha value is -1.40. The van der Waals surface area contributed by atoms with Crippen molar-refractivity contribution in [3.8, 4) is 0 Å². The molecular formula is C28H19N3Na4O16S4. The van der Waals surface area contributed by atoms with Gasteiger partial charge in [-0.3, -0.25) is 37.9 Å². The van der Waals surface area contributed by atoms with Crippen LogP contribution in [0.1, 0.15) is 20.7 Å². The number of nitro groups is 1. The van der Waals surface area contributed by atoms with E-state index in [-0.39, 0.29) is 140 Å². The van der Waals surface area contributed by atoms with Gasteiger partial charge in [-0.05, 0) is 76.1 Å². The van der Waals surface area contributed by atoms with Crippen LogP contribution in [-0.4, -0.2) is 187 Å². The van der Waals surface area contributed by atoms with E-state index in [0.29, 0.717) is 12.1 Å². The predicted octanol–water partition coefficient (Wildman–Crippen LogP) is 1.87. The molecule has 0 aliphatic carbocycles. The minimum Gasteiger partial charge on any atom is -0.321 e. The van der Waals surface area contributed by atoms with E-state index >= 15 is 0 Å². The molecule has 0 fully saturated rings. The summed E-state index contributed by atoms with van der Waals surface area (Å²) in [6, 6.07) is 11.7. The quantitative estimate of drug-likeness (QED) is 0.0533. The molecule has 19 nitrogen and oxygen atoms in total. The van der Waals surface area contributed by atoms with Crippen LogP contribution in [0.4, 0.5) is 17.1 Å². The number of carbonyl (C=O) groups excluding carboxylic acids is 2. The fourth-order valence-corrected chi connectivity index (χ4v) is 7.18. The van der Waals surface area contributed by atoms with Gasteiger partial charge in [0.15, 0.2) is 0 Å². The Balaban J connectivity index is 0.00000378. The molecule has 0 aromatic heterocycles. The number of amides is 2. The number of nitrogens with one attached hydrogen (secondary N) is 2. The molecule has 27 heteroatoms. The van der Waals surface area contributed by atoms with Gasteiger partial charge in [-0.15, -0.1) is 0 Å². The van der Waals surface area contributed by atoms with Gasteiger partial charge in [-0.25, -0.2) is 0 Å². The largest absolute Gasteiger partial charge is 0.321 e. The third-order valence-corrected chi connectivity index (χ3v) is 10.6. The summed E-state index contributed by atoms with van der Waals surface area (Å²) in [7, 11) is -19.7. The van der Waals surface area contributed by atoms with Crippen molar-refractivity contribution in [1.29, 1.82) is 0 Å². The van der Waals surface area contributed by atoms with Gasteiger partial charge in [0.05, 0.1) is 26.1 Å². The maximum Gasteiger partial charge on any atom is 0.296 e. The summed E-state index contributed by atoms with van der Waals surface area (Å²) in [4.78, 5) is 34.3. The number of nitro benzene ring substituents is 1. The maximum atomic E-state index is 13.3. The summed E-state index contributed by atoms with van der Waals surface area (Å²) in [5, 5.41) is 16.0. The van der Waals surface area contributed by atoms with Crippen LogP contribution in [0.5, 0.6) is 0 Å². The molecule has 0 unspecified atom stereocenters. The third kappa shape index (κ3) is 12.3. The summed E-state index contributed by atoms with van der Waals surface area (Å²) in [5.41, 5.74) is -3.26. The van der Waals surface area contributed by atoms with E-state index in [1.165, 1.54) is 0 Å². The molecule has 0 saturated carbocycles. The number of carbonyl (C=O) groups is 2. The monoisotopic (exact) mass is 873 g/mol. The minimum absolute atomic E-state index is 0. The van der Waals surface area contributed by atoms with Gasteiger partial charge in [-0.1, -0.05) is 12.1 Å². The van der Waals surface area contributed by atoms with E-state index in [1.807, 2.05) is 0 Å². The molecule has 270 valence electrons. The molecule has 5 aromatic carbocycles. The topological polar surface area (TPSA) is 319 Å². The number of nitrogens with zero attached hydrogens (tertiary/aromatic N) is 1. The Kier molecular flexibility index (Phi) is 17.9. The van der Waals surface area contributed by atoms with E-state index in [1.54, 1.807) is 0 Å². The first kappa shape index (κ1) is 51.6.